The Bertz CT molecular complexity index is 203. The highest BCUT2D eigenvalue weighted by Gasteiger charge is 2.44. The summed E-state index contributed by atoms with van der Waals surface area (Å²) in [6.07, 6.45) is 3.91. The van der Waals surface area contributed by atoms with Crippen LogP contribution < -0.4 is 0 Å². The van der Waals surface area contributed by atoms with Crippen molar-refractivity contribution in [3.63, 3.8) is 0 Å². The first-order valence-corrected chi connectivity index (χ1v) is 6.54. The molecule has 3 atom stereocenters. The minimum Gasteiger partial charge on any atom is -0.384 e. The van der Waals surface area contributed by atoms with Crippen molar-refractivity contribution in [2.45, 2.75) is 40.0 Å². The van der Waals surface area contributed by atoms with E-state index >= 15 is 0 Å². The van der Waals surface area contributed by atoms with E-state index in [0.717, 1.165) is 19.1 Å². The molecule has 16 heavy (non-hydrogen) atoms. The second kappa shape index (κ2) is 6.02. The highest BCUT2D eigenvalue weighted by atomic mass is 16.5. The van der Waals surface area contributed by atoms with E-state index in [1.165, 1.54) is 19.3 Å². The second-order valence-electron chi connectivity index (χ2n) is 5.85. The Labute approximate surface area is 101 Å². The van der Waals surface area contributed by atoms with Gasteiger partial charge in [-0.2, -0.15) is 0 Å². The third-order valence-electron chi connectivity index (χ3n) is 4.53. The highest BCUT2D eigenvalue weighted by molar-refractivity contribution is 4.93. The molecule has 1 rings (SSSR count). The lowest BCUT2D eigenvalue weighted by molar-refractivity contribution is -0.0714. The molecular formula is C14H28O2. The van der Waals surface area contributed by atoms with Crippen LogP contribution in [0.5, 0.6) is 0 Å². The summed E-state index contributed by atoms with van der Waals surface area (Å²) >= 11 is 0. The number of rotatable bonds is 5. The molecule has 1 aliphatic rings. The van der Waals surface area contributed by atoms with Gasteiger partial charge in [-0.25, -0.2) is 0 Å². The van der Waals surface area contributed by atoms with Gasteiger partial charge in [0, 0.05) is 26.2 Å². The van der Waals surface area contributed by atoms with Gasteiger partial charge in [0.05, 0.1) is 6.61 Å². The Kier molecular flexibility index (Phi) is 5.26. The van der Waals surface area contributed by atoms with Crippen molar-refractivity contribution < 1.29 is 9.47 Å². The van der Waals surface area contributed by atoms with Crippen LogP contribution in [0, 0.1) is 23.2 Å². The summed E-state index contributed by atoms with van der Waals surface area (Å²) in [5.41, 5.74) is 0.331. The van der Waals surface area contributed by atoms with E-state index < -0.39 is 0 Å². The minimum absolute atomic E-state index is 0.331. The Morgan fingerprint density at radius 1 is 1.25 bits per heavy atom. The molecule has 2 heteroatoms. The van der Waals surface area contributed by atoms with Crippen LogP contribution in [0.2, 0.25) is 0 Å². The third kappa shape index (κ3) is 2.78. The van der Waals surface area contributed by atoms with E-state index in [-0.39, 0.29) is 0 Å². The van der Waals surface area contributed by atoms with Gasteiger partial charge in [-0.15, -0.1) is 0 Å². The van der Waals surface area contributed by atoms with Crippen molar-refractivity contribution in [1.29, 1.82) is 0 Å². The molecule has 0 saturated heterocycles. The summed E-state index contributed by atoms with van der Waals surface area (Å²) in [5.74, 6) is 2.16. The van der Waals surface area contributed by atoms with E-state index in [2.05, 4.69) is 20.8 Å². The molecule has 96 valence electrons. The summed E-state index contributed by atoms with van der Waals surface area (Å²) in [6, 6.07) is 0. The zero-order valence-corrected chi connectivity index (χ0v) is 11.6. The van der Waals surface area contributed by atoms with Crippen LogP contribution in [-0.4, -0.2) is 27.4 Å². The smallest absolute Gasteiger partial charge is 0.0524 e. The first-order valence-electron chi connectivity index (χ1n) is 6.54. The molecule has 2 nitrogen and oxygen atoms in total. The lowest BCUT2D eigenvalue weighted by Crippen LogP contribution is -2.45. The van der Waals surface area contributed by atoms with Crippen molar-refractivity contribution in [3.8, 4) is 0 Å². The van der Waals surface area contributed by atoms with Gasteiger partial charge in [-0.1, -0.05) is 27.2 Å². The van der Waals surface area contributed by atoms with Crippen LogP contribution in [-0.2, 0) is 9.47 Å². The van der Waals surface area contributed by atoms with E-state index in [4.69, 9.17) is 9.47 Å². The number of ether oxygens (including phenoxy) is 2. The fourth-order valence-corrected chi connectivity index (χ4v) is 3.38. The fraction of sp³-hybridized carbons (Fsp3) is 1.00. The predicted octanol–water partition coefficient (Wildman–Crippen LogP) is 3.36. The van der Waals surface area contributed by atoms with Crippen molar-refractivity contribution in [2.75, 3.05) is 27.4 Å². The molecule has 1 fully saturated rings. The van der Waals surface area contributed by atoms with Gasteiger partial charge in [0.2, 0.25) is 0 Å². The zero-order valence-electron chi connectivity index (χ0n) is 11.6. The maximum absolute atomic E-state index is 5.50. The summed E-state index contributed by atoms with van der Waals surface area (Å²) in [7, 11) is 3.64. The molecule has 0 spiro atoms. The molecule has 0 N–H and O–H groups in total. The molecule has 0 amide bonds. The summed E-state index contributed by atoms with van der Waals surface area (Å²) in [6.45, 7) is 8.78. The molecule has 0 bridgehead atoms. The van der Waals surface area contributed by atoms with Gasteiger partial charge in [0.25, 0.3) is 0 Å². The van der Waals surface area contributed by atoms with Gasteiger partial charge < -0.3 is 9.47 Å². The number of methoxy groups -OCH3 is 2. The SMILES string of the molecule is COCC1CC(C)CCC1(COC)C(C)C. The molecule has 0 aromatic rings. The topological polar surface area (TPSA) is 18.5 Å². The molecule has 3 unspecified atom stereocenters. The number of hydrogen-bond donors (Lipinski definition) is 0. The molecule has 0 aromatic heterocycles. The van der Waals surface area contributed by atoms with Crippen LogP contribution in [0.15, 0.2) is 0 Å². The first kappa shape index (κ1) is 14.0. The van der Waals surface area contributed by atoms with E-state index in [9.17, 15) is 0 Å². The quantitative estimate of drug-likeness (QED) is 0.718. The molecule has 0 aromatic carbocycles. The maximum atomic E-state index is 5.50. The van der Waals surface area contributed by atoms with Gasteiger partial charge in [-0.05, 0) is 30.6 Å². The monoisotopic (exact) mass is 228 g/mol. The van der Waals surface area contributed by atoms with Crippen molar-refractivity contribution >= 4 is 0 Å². The average Bonchev–Trinajstić information content (AvgIpc) is 2.22. The fourth-order valence-electron chi connectivity index (χ4n) is 3.38. The van der Waals surface area contributed by atoms with Gasteiger partial charge in [0.1, 0.15) is 0 Å². The standard InChI is InChI=1S/C14H28O2/c1-11(2)14(10-16-5)7-6-12(3)8-13(14)9-15-4/h11-13H,6-10H2,1-5H3. The highest BCUT2D eigenvalue weighted by Crippen LogP contribution is 2.48. The number of hydrogen-bond acceptors (Lipinski definition) is 2. The maximum Gasteiger partial charge on any atom is 0.0524 e. The van der Waals surface area contributed by atoms with Crippen LogP contribution in [0.4, 0.5) is 0 Å². The molecule has 1 aliphatic carbocycles. The van der Waals surface area contributed by atoms with Gasteiger partial charge >= 0.3 is 0 Å². The Morgan fingerprint density at radius 2 is 1.94 bits per heavy atom. The minimum atomic E-state index is 0.331. The molecular weight excluding hydrogens is 200 g/mol. The first-order chi connectivity index (χ1) is 7.56. The summed E-state index contributed by atoms with van der Waals surface area (Å²) in [5, 5.41) is 0. The average molecular weight is 228 g/mol. The Balaban J connectivity index is 2.83. The normalized spacial score (nSPS) is 35.6. The van der Waals surface area contributed by atoms with E-state index in [0.29, 0.717) is 17.3 Å². The van der Waals surface area contributed by atoms with Gasteiger partial charge in [-0.3, -0.25) is 0 Å². The van der Waals surface area contributed by atoms with Crippen molar-refractivity contribution in [3.05, 3.63) is 0 Å². The lowest BCUT2D eigenvalue weighted by atomic mass is 9.59. The zero-order chi connectivity index (χ0) is 12.2. The summed E-state index contributed by atoms with van der Waals surface area (Å²) < 4.78 is 10.9. The molecule has 0 aliphatic heterocycles. The Morgan fingerprint density at radius 3 is 2.44 bits per heavy atom. The van der Waals surface area contributed by atoms with Crippen molar-refractivity contribution in [2.24, 2.45) is 23.2 Å². The molecule has 0 heterocycles. The lowest BCUT2D eigenvalue weighted by Gasteiger charge is -2.48. The van der Waals surface area contributed by atoms with Crippen LogP contribution in [0.3, 0.4) is 0 Å². The van der Waals surface area contributed by atoms with Gasteiger partial charge in [0.15, 0.2) is 0 Å². The van der Waals surface area contributed by atoms with Crippen LogP contribution in [0.1, 0.15) is 40.0 Å². The predicted molar refractivity (Wildman–Crippen MR) is 67.5 cm³/mol. The van der Waals surface area contributed by atoms with E-state index in [1.807, 2.05) is 14.2 Å². The molecule has 0 radical (unpaired) electrons. The van der Waals surface area contributed by atoms with Crippen LogP contribution in [0.25, 0.3) is 0 Å². The third-order valence-corrected chi connectivity index (χ3v) is 4.53. The van der Waals surface area contributed by atoms with E-state index in [1.54, 1.807) is 0 Å². The van der Waals surface area contributed by atoms with Crippen molar-refractivity contribution in [1.82, 2.24) is 0 Å². The Hall–Kier alpha value is -0.0800. The van der Waals surface area contributed by atoms with Crippen LogP contribution >= 0.6 is 0 Å². The largest absolute Gasteiger partial charge is 0.384 e. The second-order valence-corrected chi connectivity index (χ2v) is 5.85. The molecule has 1 saturated carbocycles. The summed E-state index contributed by atoms with van der Waals surface area (Å²) in [4.78, 5) is 0.